The Bertz CT molecular complexity index is 624. The number of carbonyl (C=O) groups is 1. The third-order valence-corrected chi connectivity index (χ3v) is 2.82. The van der Waals surface area contributed by atoms with Crippen molar-refractivity contribution in [2.75, 3.05) is 0 Å². The van der Waals surface area contributed by atoms with E-state index in [1.54, 1.807) is 13.0 Å². The summed E-state index contributed by atoms with van der Waals surface area (Å²) in [5, 5.41) is 2.08. The summed E-state index contributed by atoms with van der Waals surface area (Å²) in [5.41, 5.74) is 0.659. The molecule has 0 radical (unpaired) electrons. The van der Waals surface area contributed by atoms with Gasteiger partial charge in [0.1, 0.15) is 5.75 Å². The van der Waals surface area contributed by atoms with E-state index in [2.05, 4.69) is 0 Å². The molecule has 0 N–H and O–H groups in total. The van der Waals surface area contributed by atoms with Crippen LogP contribution < -0.4 is 4.74 Å². The maximum Gasteiger partial charge on any atom is 0.231 e. The highest BCUT2D eigenvalue weighted by molar-refractivity contribution is 6.15. The molecule has 0 fully saturated rings. The van der Waals surface area contributed by atoms with Gasteiger partial charge in [0.2, 0.25) is 5.78 Å². The van der Waals surface area contributed by atoms with Crippen molar-refractivity contribution < 1.29 is 9.53 Å². The minimum absolute atomic E-state index is 0.0248. The minimum Gasteiger partial charge on any atom is -0.452 e. The van der Waals surface area contributed by atoms with Crippen molar-refractivity contribution in [3.05, 3.63) is 53.8 Å². The molecule has 0 saturated carbocycles. The Morgan fingerprint density at radius 3 is 2.75 bits per heavy atom. The predicted octanol–water partition coefficient (Wildman–Crippen LogP) is 3.32. The van der Waals surface area contributed by atoms with Gasteiger partial charge in [0.25, 0.3) is 0 Å². The summed E-state index contributed by atoms with van der Waals surface area (Å²) in [7, 11) is 0. The molecular formula is C14H10O2. The molecule has 3 rings (SSSR count). The predicted molar refractivity (Wildman–Crippen MR) is 62.7 cm³/mol. The first-order chi connectivity index (χ1) is 7.81. The Hall–Kier alpha value is -2.09. The first kappa shape index (κ1) is 9.16. The second-order valence-corrected chi connectivity index (χ2v) is 3.75. The lowest BCUT2D eigenvalue weighted by Gasteiger charge is -2.02. The van der Waals surface area contributed by atoms with Crippen LogP contribution in [0.3, 0.4) is 0 Å². The van der Waals surface area contributed by atoms with Gasteiger partial charge in [0, 0.05) is 5.39 Å². The summed E-state index contributed by atoms with van der Waals surface area (Å²) in [5.74, 6) is 1.09. The Labute approximate surface area is 93.2 Å². The number of fused-ring (bicyclic) bond motifs is 3. The van der Waals surface area contributed by atoms with Crippen LogP contribution >= 0.6 is 0 Å². The van der Waals surface area contributed by atoms with Gasteiger partial charge in [0.15, 0.2) is 5.76 Å². The molecule has 2 heteroatoms. The normalized spacial score (nSPS) is 16.6. The van der Waals surface area contributed by atoms with E-state index in [9.17, 15) is 4.79 Å². The highest BCUT2D eigenvalue weighted by Crippen LogP contribution is 2.37. The highest BCUT2D eigenvalue weighted by atomic mass is 16.5. The first-order valence-electron chi connectivity index (χ1n) is 5.22. The van der Waals surface area contributed by atoms with Crippen molar-refractivity contribution in [1.29, 1.82) is 0 Å². The Morgan fingerprint density at radius 2 is 1.94 bits per heavy atom. The van der Waals surface area contributed by atoms with Crippen molar-refractivity contribution in [2.45, 2.75) is 6.92 Å². The largest absolute Gasteiger partial charge is 0.452 e. The SMILES string of the molecule is CC=C1Oc2c(ccc3ccccc23)C1=O. The Balaban J connectivity index is 2.36. The number of hydrogen-bond acceptors (Lipinski definition) is 2. The van der Waals surface area contributed by atoms with Gasteiger partial charge in [-0.2, -0.15) is 0 Å². The fourth-order valence-corrected chi connectivity index (χ4v) is 2.01. The zero-order valence-electron chi connectivity index (χ0n) is 8.86. The van der Waals surface area contributed by atoms with Gasteiger partial charge in [-0.25, -0.2) is 0 Å². The van der Waals surface area contributed by atoms with Crippen LogP contribution in [0.25, 0.3) is 10.8 Å². The lowest BCUT2D eigenvalue weighted by Crippen LogP contribution is -1.96. The van der Waals surface area contributed by atoms with E-state index >= 15 is 0 Å². The van der Waals surface area contributed by atoms with Crippen molar-refractivity contribution in [1.82, 2.24) is 0 Å². The number of ether oxygens (including phenoxy) is 1. The fourth-order valence-electron chi connectivity index (χ4n) is 2.01. The maximum atomic E-state index is 11.9. The Morgan fingerprint density at radius 1 is 1.12 bits per heavy atom. The number of carbonyl (C=O) groups excluding carboxylic acids is 1. The maximum absolute atomic E-state index is 11.9. The highest BCUT2D eigenvalue weighted by Gasteiger charge is 2.27. The summed E-state index contributed by atoms with van der Waals surface area (Å²) in [4.78, 5) is 11.9. The number of ketones is 1. The van der Waals surface area contributed by atoms with E-state index < -0.39 is 0 Å². The quantitative estimate of drug-likeness (QED) is 0.623. The van der Waals surface area contributed by atoms with Crippen molar-refractivity contribution in [3.63, 3.8) is 0 Å². The van der Waals surface area contributed by atoms with E-state index in [1.165, 1.54) is 0 Å². The molecule has 0 bridgehead atoms. The molecule has 2 nitrogen and oxygen atoms in total. The lowest BCUT2D eigenvalue weighted by atomic mass is 10.0. The first-order valence-corrected chi connectivity index (χ1v) is 5.22. The molecule has 78 valence electrons. The van der Waals surface area contributed by atoms with Gasteiger partial charge in [-0.3, -0.25) is 4.79 Å². The van der Waals surface area contributed by atoms with E-state index in [-0.39, 0.29) is 5.78 Å². The van der Waals surface area contributed by atoms with Crippen molar-refractivity contribution >= 4 is 16.6 Å². The van der Waals surface area contributed by atoms with E-state index in [0.717, 1.165) is 10.8 Å². The van der Waals surface area contributed by atoms with Gasteiger partial charge < -0.3 is 4.74 Å². The average molecular weight is 210 g/mol. The average Bonchev–Trinajstić information content (AvgIpc) is 2.67. The van der Waals surface area contributed by atoms with E-state index in [4.69, 9.17) is 4.74 Å². The standard InChI is InChI=1S/C14H10O2/c1-2-12-13(15)11-8-7-9-5-3-4-6-10(9)14(11)16-12/h2-8H,1H3. The molecule has 0 aromatic heterocycles. The lowest BCUT2D eigenvalue weighted by molar-refractivity contribution is 0.101. The number of rotatable bonds is 0. The molecule has 0 saturated heterocycles. The van der Waals surface area contributed by atoms with Crippen LogP contribution in [-0.2, 0) is 0 Å². The van der Waals surface area contributed by atoms with Crippen LogP contribution in [0.4, 0.5) is 0 Å². The number of allylic oxidation sites excluding steroid dienone is 2. The van der Waals surface area contributed by atoms with Crippen molar-refractivity contribution in [2.24, 2.45) is 0 Å². The zero-order chi connectivity index (χ0) is 11.1. The Kier molecular flexibility index (Phi) is 1.83. The topological polar surface area (TPSA) is 26.3 Å². The summed E-state index contributed by atoms with van der Waals surface area (Å²) in [6.45, 7) is 1.81. The van der Waals surface area contributed by atoms with Gasteiger partial charge in [-0.15, -0.1) is 0 Å². The van der Waals surface area contributed by atoms with Crippen LogP contribution in [0.2, 0.25) is 0 Å². The molecule has 2 aromatic rings. The molecule has 2 aromatic carbocycles. The smallest absolute Gasteiger partial charge is 0.231 e. The third kappa shape index (κ3) is 1.10. The van der Waals surface area contributed by atoms with E-state index in [0.29, 0.717) is 17.1 Å². The second kappa shape index (κ2) is 3.20. The monoisotopic (exact) mass is 210 g/mol. The minimum atomic E-state index is -0.0248. The van der Waals surface area contributed by atoms with Crippen molar-refractivity contribution in [3.8, 4) is 5.75 Å². The third-order valence-electron chi connectivity index (χ3n) is 2.82. The molecule has 16 heavy (non-hydrogen) atoms. The molecule has 0 aliphatic carbocycles. The van der Waals surface area contributed by atoms with Gasteiger partial charge in [-0.05, 0) is 24.5 Å². The molecule has 1 heterocycles. The summed E-state index contributed by atoms with van der Waals surface area (Å²) >= 11 is 0. The zero-order valence-corrected chi connectivity index (χ0v) is 8.86. The van der Waals surface area contributed by atoms with Gasteiger partial charge in [0.05, 0.1) is 5.56 Å². The number of benzene rings is 2. The van der Waals surface area contributed by atoms with E-state index in [1.807, 2.05) is 36.4 Å². The summed E-state index contributed by atoms with van der Waals surface area (Å²) in [6.07, 6.45) is 1.71. The molecule has 0 unspecified atom stereocenters. The number of Topliss-reactive ketones (excluding diaryl/α,β-unsaturated/α-hetero) is 1. The van der Waals surface area contributed by atoms with Crippen LogP contribution in [0.5, 0.6) is 5.75 Å². The summed E-state index contributed by atoms with van der Waals surface area (Å²) in [6, 6.07) is 11.7. The molecule has 0 atom stereocenters. The molecule has 1 aliphatic heterocycles. The van der Waals surface area contributed by atoms with Crippen LogP contribution in [0.1, 0.15) is 17.3 Å². The van der Waals surface area contributed by atoms with Crippen LogP contribution in [0.15, 0.2) is 48.2 Å². The van der Waals surface area contributed by atoms with Gasteiger partial charge in [-0.1, -0.05) is 30.3 Å². The second-order valence-electron chi connectivity index (χ2n) is 3.75. The fraction of sp³-hybridized carbons (Fsp3) is 0.0714. The molecule has 0 amide bonds. The van der Waals surface area contributed by atoms with Gasteiger partial charge >= 0.3 is 0 Å². The van der Waals surface area contributed by atoms with Crippen LogP contribution in [-0.4, -0.2) is 5.78 Å². The summed E-state index contributed by atoms with van der Waals surface area (Å²) < 4.78 is 5.59. The van der Waals surface area contributed by atoms with Crippen LogP contribution in [0, 0.1) is 0 Å². The molecule has 0 spiro atoms. The molecular weight excluding hydrogens is 200 g/mol. The number of hydrogen-bond donors (Lipinski definition) is 0. The molecule has 1 aliphatic rings.